The van der Waals surface area contributed by atoms with E-state index in [-0.39, 0.29) is 5.41 Å². The molecule has 2 atom stereocenters. The highest BCUT2D eigenvalue weighted by Gasteiger charge is 2.40. The molecule has 2 aliphatic rings. The molecule has 2 fully saturated rings. The monoisotopic (exact) mass is 280 g/mol. The molecule has 3 rings (SSSR count). The van der Waals surface area contributed by atoms with Gasteiger partial charge in [-0.05, 0) is 25.2 Å². The first kappa shape index (κ1) is 13.5. The fourth-order valence-corrected chi connectivity index (χ4v) is 3.59. The number of hydrogen-bond acceptors (Lipinski definition) is 4. The average molecular weight is 280 g/mol. The van der Waals surface area contributed by atoms with Gasteiger partial charge in [0.05, 0.1) is 16.8 Å². The number of nitrogens with one attached hydrogen (secondary N) is 1. The first-order chi connectivity index (χ1) is 9.04. The van der Waals surface area contributed by atoms with Gasteiger partial charge in [-0.15, -0.1) is 11.3 Å². The van der Waals surface area contributed by atoms with Crippen molar-refractivity contribution in [2.75, 3.05) is 6.61 Å². The molecule has 2 unspecified atom stereocenters. The van der Waals surface area contributed by atoms with Crippen LogP contribution >= 0.6 is 11.3 Å². The minimum atomic E-state index is 0.163. The van der Waals surface area contributed by atoms with Crippen LogP contribution in [-0.2, 0) is 16.7 Å². The topological polar surface area (TPSA) is 34.2 Å². The van der Waals surface area contributed by atoms with Gasteiger partial charge >= 0.3 is 0 Å². The number of thiazole rings is 1. The first-order valence-corrected chi connectivity index (χ1v) is 8.22. The number of nitrogens with zero attached hydrogens (tertiary/aromatic N) is 1. The van der Waals surface area contributed by atoms with Crippen molar-refractivity contribution in [3.05, 3.63) is 16.1 Å². The Morgan fingerprint density at radius 3 is 2.79 bits per heavy atom. The van der Waals surface area contributed by atoms with E-state index in [0.29, 0.717) is 12.1 Å². The summed E-state index contributed by atoms with van der Waals surface area (Å²) in [5.74, 6) is 0.820. The second kappa shape index (κ2) is 5.15. The Labute approximate surface area is 119 Å². The van der Waals surface area contributed by atoms with Crippen LogP contribution in [0.2, 0.25) is 0 Å². The summed E-state index contributed by atoms with van der Waals surface area (Å²) in [6.45, 7) is 8.46. The fraction of sp³-hybridized carbons (Fsp3) is 0.800. The summed E-state index contributed by atoms with van der Waals surface area (Å²) in [6, 6.07) is 0.535. The summed E-state index contributed by atoms with van der Waals surface area (Å²) in [5.41, 5.74) is 1.34. The molecular weight excluding hydrogens is 256 g/mol. The summed E-state index contributed by atoms with van der Waals surface area (Å²) in [7, 11) is 0. The largest absolute Gasteiger partial charge is 0.376 e. The highest BCUT2D eigenvalue weighted by Crippen LogP contribution is 2.38. The predicted molar refractivity (Wildman–Crippen MR) is 78.5 cm³/mol. The summed E-state index contributed by atoms with van der Waals surface area (Å²) in [6.07, 6.45) is 4.32. The molecule has 1 aromatic heterocycles. The maximum Gasteiger partial charge on any atom is 0.0982 e. The third-order valence-corrected chi connectivity index (χ3v) is 5.28. The van der Waals surface area contributed by atoms with Crippen molar-refractivity contribution in [1.29, 1.82) is 0 Å². The lowest BCUT2D eigenvalue weighted by Gasteiger charge is -2.19. The quantitative estimate of drug-likeness (QED) is 0.920. The molecule has 1 aliphatic heterocycles. The number of ether oxygens (including phenoxy) is 1. The van der Waals surface area contributed by atoms with Crippen molar-refractivity contribution in [3.63, 3.8) is 0 Å². The van der Waals surface area contributed by atoms with E-state index in [9.17, 15) is 0 Å². The van der Waals surface area contributed by atoms with Gasteiger partial charge in [-0.1, -0.05) is 20.8 Å². The van der Waals surface area contributed by atoms with E-state index < -0.39 is 0 Å². The van der Waals surface area contributed by atoms with Crippen molar-refractivity contribution in [3.8, 4) is 0 Å². The summed E-state index contributed by atoms with van der Waals surface area (Å²) in [4.78, 5) is 4.74. The first-order valence-electron chi connectivity index (χ1n) is 7.34. The Morgan fingerprint density at radius 2 is 2.16 bits per heavy atom. The molecule has 0 amide bonds. The normalized spacial score (nSPS) is 27.9. The van der Waals surface area contributed by atoms with Crippen LogP contribution in [0.25, 0.3) is 0 Å². The van der Waals surface area contributed by atoms with E-state index in [0.717, 1.165) is 25.5 Å². The van der Waals surface area contributed by atoms with Gasteiger partial charge in [-0.2, -0.15) is 0 Å². The van der Waals surface area contributed by atoms with Crippen molar-refractivity contribution in [2.24, 2.45) is 5.92 Å². The Bertz CT molecular complexity index is 434. The summed E-state index contributed by atoms with van der Waals surface area (Å²) >= 11 is 1.78. The zero-order valence-corrected chi connectivity index (χ0v) is 12.9. The van der Waals surface area contributed by atoms with Crippen LogP contribution in [0.1, 0.15) is 50.7 Å². The standard InChI is InChI=1S/C15H24N2OS/c1-15(2,3)14-17-11(9-19-14)8-16-12-6-7-18-13(12)10-4-5-10/h9-10,12-13,16H,4-8H2,1-3H3. The van der Waals surface area contributed by atoms with Crippen LogP contribution in [0.4, 0.5) is 0 Å². The molecule has 3 nitrogen and oxygen atoms in total. The molecule has 1 N–H and O–H groups in total. The summed E-state index contributed by atoms with van der Waals surface area (Å²) in [5, 5.41) is 7.07. The second-order valence-corrected chi connectivity index (χ2v) is 7.70. The van der Waals surface area contributed by atoms with Crippen LogP contribution < -0.4 is 5.32 Å². The van der Waals surface area contributed by atoms with E-state index >= 15 is 0 Å². The third-order valence-electron chi connectivity index (χ3n) is 3.96. The van der Waals surface area contributed by atoms with Gasteiger partial charge in [0.15, 0.2) is 0 Å². The Morgan fingerprint density at radius 1 is 1.37 bits per heavy atom. The highest BCUT2D eigenvalue weighted by atomic mass is 32.1. The Hall–Kier alpha value is -0.450. The Kier molecular flexibility index (Phi) is 3.67. The zero-order valence-electron chi connectivity index (χ0n) is 12.1. The van der Waals surface area contributed by atoms with E-state index in [4.69, 9.17) is 9.72 Å². The molecule has 1 saturated carbocycles. The lowest BCUT2D eigenvalue weighted by molar-refractivity contribution is 0.0808. The minimum absolute atomic E-state index is 0.163. The highest BCUT2D eigenvalue weighted by molar-refractivity contribution is 7.09. The fourth-order valence-electron chi connectivity index (χ4n) is 2.69. The van der Waals surface area contributed by atoms with Gasteiger partial charge in [0.1, 0.15) is 0 Å². The molecule has 19 heavy (non-hydrogen) atoms. The molecule has 0 radical (unpaired) electrons. The molecule has 1 aliphatic carbocycles. The molecule has 2 heterocycles. The van der Waals surface area contributed by atoms with E-state index in [1.54, 1.807) is 11.3 Å². The van der Waals surface area contributed by atoms with Gasteiger partial charge in [0.25, 0.3) is 0 Å². The van der Waals surface area contributed by atoms with Gasteiger partial charge in [-0.3, -0.25) is 0 Å². The van der Waals surface area contributed by atoms with E-state index in [1.165, 1.54) is 23.5 Å². The van der Waals surface area contributed by atoms with Gasteiger partial charge < -0.3 is 10.1 Å². The summed E-state index contributed by atoms with van der Waals surface area (Å²) < 4.78 is 5.86. The molecule has 106 valence electrons. The zero-order chi connectivity index (χ0) is 13.5. The smallest absolute Gasteiger partial charge is 0.0982 e. The maximum absolute atomic E-state index is 5.86. The lowest BCUT2D eigenvalue weighted by atomic mass is 9.98. The van der Waals surface area contributed by atoms with E-state index in [1.807, 2.05) is 0 Å². The average Bonchev–Trinajstić information content (AvgIpc) is 2.91. The molecule has 1 saturated heterocycles. The van der Waals surface area contributed by atoms with Crippen LogP contribution in [0.3, 0.4) is 0 Å². The third kappa shape index (κ3) is 3.18. The Balaban J connectivity index is 1.55. The predicted octanol–water partition coefficient (Wildman–Crippen LogP) is 3.10. The molecular formula is C15H24N2OS. The minimum Gasteiger partial charge on any atom is -0.376 e. The van der Waals surface area contributed by atoms with Crippen molar-refractivity contribution in [2.45, 2.75) is 64.1 Å². The van der Waals surface area contributed by atoms with Gasteiger partial charge in [-0.25, -0.2) is 4.98 Å². The number of hydrogen-bond donors (Lipinski definition) is 1. The second-order valence-electron chi connectivity index (χ2n) is 6.84. The molecule has 1 aromatic rings. The lowest BCUT2D eigenvalue weighted by Crippen LogP contribution is -2.37. The van der Waals surface area contributed by atoms with Gasteiger partial charge in [0.2, 0.25) is 0 Å². The SMILES string of the molecule is CC(C)(C)c1nc(CNC2CCOC2C2CC2)cs1. The van der Waals surface area contributed by atoms with Crippen LogP contribution in [0.5, 0.6) is 0 Å². The molecule has 0 aromatic carbocycles. The van der Waals surface area contributed by atoms with Crippen LogP contribution in [0.15, 0.2) is 5.38 Å². The number of rotatable bonds is 4. The molecule has 0 spiro atoms. The molecule has 4 heteroatoms. The maximum atomic E-state index is 5.86. The van der Waals surface area contributed by atoms with Gasteiger partial charge in [0, 0.05) is 30.0 Å². The van der Waals surface area contributed by atoms with Crippen LogP contribution in [0, 0.1) is 5.92 Å². The van der Waals surface area contributed by atoms with E-state index in [2.05, 4.69) is 31.5 Å². The van der Waals surface area contributed by atoms with Crippen molar-refractivity contribution in [1.82, 2.24) is 10.3 Å². The van der Waals surface area contributed by atoms with Crippen molar-refractivity contribution < 1.29 is 4.74 Å². The number of aromatic nitrogens is 1. The van der Waals surface area contributed by atoms with Crippen molar-refractivity contribution >= 4 is 11.3 Å². The molecule has 0 bridgehead atoms. The van der Waals surface area contributed by atoms with Crippen LogP contribution in [-0.4, -0.2) is 23.7 Å².